The van der Waals surface area contributed by atoms with Gasteiger partial charge in [0.2, 0.25) is 0 Å². The first-order valence-electron chi connectivity index (χ1n) is 4.05. The molecule has 0 amide bonds. The maximum atomic E-state index is 11.1. The first-order chi connectivity index (χ1) is 6.00. The van der Waals surface area contributed by atoms with Gasteiger partial charge >= 0.3 is 0 Å². The molecular formula is C8H14N4O. The molecule has 5 heteroatoms. The molecule has 0 saturated carbocycles. The standard InChI is InChI=1S/C8H14N4O/c1-5(9)8-10-6(12(2)3)4-7(13)11-8/h4-5H,9H2,1-3H3,(H,10,11,13). The van der Waals surface area contributed by atoms with Gasteiger partial charge in [0.25, 0.3) is 5.56 Å². The van der Waals surface area contributed by atoms with Gasteiger partial charge in [0.15, 0.2) is 0 Å². The summed E-state index contributed by atoms with van der Waals surface area (Å²) < 4.78 is 0. The molecular weight excluding hydrogens is 168 g/mol. The second kappa shape index (κ2) is 3.57. The number of H-pyrrole nitrogens is 1. The number of anilines is 1. The Morgan fingerprint density at radius 3 is 2.69 bits per heavy atom. The van der Waals surface area contributed by atoms with Gasteiger partial charge in [0, 0.05) is 20.2 Å². The number of nitrogens with two attached hydrogens (primary N) is 1. The molecule has 0 aliphatic heterocycles. The van der Waals surface area contributed by atoms with E-state index in [-0.39, 0.29) is 11.6 Å². The van der Waals surface area contributed by atoms with Crippen molar-refractivity contribution in [1.82, 2.24) is 9.97 Å². The zero-order valence-electron chi connectivity index (χ0n) is 8.03. The quantitative estimate of drug-likeness (QED) is 0.667. The highest BCUT2D eigenvalue weighted by atomic mass is 16.1. The summed E-state index contributed by atoms with van der Waals surface area (Å²) in [6.07, 6.45) is 0. The molecule has 5 nitrogen and oxygen atoms in total. The molecule has 1 heterocycles. The van der Waals surface area contributed by atoms with E-state index in [1.165, 1.54) is 6.07 Å². The number of aromatic nitrogens is 2. The van der Waals surface area contributed by atoms with Crippen LogP contribution >= 0.6 is 0 Å². The minimum absolute atomic E-state index is 0.175. The maximum absolute atomic E-state index is 11.1. The van der Waals surface area contributed by atoms with Crippen molar-refractivity contribution in [2.75, 3.05) is 19.0 Å². The molecule has 0 aromatic carbocycles. The summed E-state index contributed by atoms with van der Waals surface area (Å²) in [5.74, 6) is 1.13. The smallest absolute Gasteiger partial charge is 0.253 e. The van der Waals surface area contributed by atoms with Gasteiger partial charge in [-0.2, -0.15) is 0 Å². The lowest BCUT2D eigenvalue weighted by Crippen LogP contribution is -2.21. The highest BCUT2D eigenvalue weighted by molar-refractivity contribution is 5.35. The number of aromatic amines is 1. The molecule has 0 bridgehead atoms. The van der Waals surface area contributed by atoms with Crippen molar-refractivity contribution in [1.29, 1.82) is 0 Å². The lowest BCUT2D eigenvalue weighted by molar-refractivity contribution is 0.730. The summed E-state index contributed by atoms with van der Waals surface area (Å²) in [5, 5.41) is 0. The van der Waals surface area contributed by atoms with Gasteiger partial charge in [0.05, 0.1) is 6.04 Å². The molecule has 0 spiro atoms. The first-order valence-corrected chi connectivity index (χ1v) is 4.05. The molecule has 0 radical (unpaired) electrons. The second-order valence-corrected chi connectivity index (χ2v) is 3.17. The van der Waals surface area contributed by atoms with Crippen LogP contribution in [0.3, 0.4) is 0 Å². The largest absolute Gasteiger partial charge is 0.363 e. The van der Waals surface area contributed by atoms with Crippen LogP contribution in [0.25, 0.3) is 0 Å². The zero-order chi connectivity index (χ0) is 10.0. The molecule has 1 rings (SSSR count). The number of nitrogens with zero attached hydrogens (tertiary/aromatic N) is 2. The Kier molecular flexibility index (Phi) is 2.67. The van der Waals surface area contributed by atoms with Crippen molar-refractivity contribution < 1.29 is 0 Å². The minimum atomic E-state index is -0.257. The van der Waals surface area contributed by atoms with Crippen LogP contribution < -0.4 is 16.2 Å². The van der Waals surface area contributed by atoms with E-state index in [1.54, 1.807) is 11.8 Å². The van der Waals surface area contributed by atoms with E-state index < -0.39 is 0 Å². The third-order valence-electron chi connectivity index (χ3n) is 1.64. The topological polar surface area (TPSA) is 75.0 Å². The first kappa shape index (κ1) is 9.73. The molecule has 0 fully saturated rings. The number of rotatable bonds is 2. The monoisotopic (exact) mass is 182 g/mol. The second-order valence-electron chi connectivity index (χ2n) is 3.17. The van der Waals surface area contributed by atoms with Crippen LogP contribution in [0.4, 0.5) is 5.82 Å². The molecule has 1 aromatic rings. The predicted molar refractivity (Wildman–Crippen MR) is 51.8 cm³/mol. The average Bonchev–Trinajstić information content (AvgIpc) is 2.03. The van der Waals surface area contributed by atoms with Crippen LogP contribution in [-0.2, 0) is 0 Å². The summed E-state index contributed by atoms with van der Waals surface area (Å²) in [7, 11) is 3.65. The van der Waals surface area contributed by atoms with E-state index in [0.29, 0.717) is 11.6 Å². The number of hydrogen-bond donors (Lipinski definition) is 2. The zero-order valence-corrected chi connectivity index (χ0v) is 8.03. The Hall–Kier alpha value is -1.36. The van der Waals surface area contributed by atoms with Gasteiger partial charge in [-0.05, 0) is 6.92 Å². The minimum Gasteiger partial charge on any atom is -0.363 e. The van der Waals surface area contributed by atoms with E-state index >= 15 is 0 Å². The van der Waals surface area contributed by atoms with E-state index in [1.807, 2.05) is 14.1 Å². The summed E-state index contributed by atoms with van der Waals surface area (Å²) in [5.41, 5.74) is 5.43. The molecule has 1 unspecified atom stereocenters. The van der Waals surface area contributed by atoms with E-state index in [2.05, 4.69) is 9.97 Å². The van der Waals surface area contributed by atoms with Crippen LogP contribution in [0, 0.1) is 0 Å². The lowest BCUT2D eigenvalue weighted by atomic mass is 10.3. The Bertz CT molecular complexity index is 313. The van der Waals surface area contributed by atoms with Crippen molar-refractivity contribution >= 4 is 5.82 Å². The van der Waals surface area contributed by atoms with Gasteiger partial charge in [-0.1, -0.05) is 0 Å². The van der Waals surface area contributed by atoms with Gasteiger partial charge < -0.3 is 15.6 Å². The molecule has 72 valence electrons. The third kappa shape index (κ3) is 2.29. The van der Waals surface area contributed by atoms with Gasteiger partial charge in [0.1, 0.15) is 11.6 Å². The molecule has 13 heavy (non-hydrogen) atoms. The predicted octanol–water partition coefficient (Wildman–Crippen LogP) is -0.144. The summed E-state index contributed by atoms with van der Waals surface area (Å²) in [6, 6.07) is 1.18. The lowest BCUT2D eigenvalue weighted by Gasteiger charge is -2.12. The van der Waals surface area contributed by atoms with Crippen molar-refractivity contribution in [2.45, 2.75) is 13.0 Å². The van der Waals surface area contributed by atoms with Gasteiger partial charge in [-0.15, -0.1) is 0 Å². The van der Waals surface area contributed by atoms with Crippen molar-refractivity contribution in [3.05, 3.63) is 22.2 Å². The van der Waals surface area contributed by atoms with Crippen LogP contribution in [-0.4, -0.2) is 24.1 Å². The summed E-state index contributed by atoms with van der Waals surface area (Å²) in [6.45, 7) is 1.78. The molecule has 1 aromatic heterocycles. The molecule has 3 N–H and O–H groups in total. The Morgan fingerprint density at radius 1 is 1.62 bits per heavy atom. The molecule has 0 aliphatic carbocycles. The Balaban J connectivity index is 3.19. The van der Waals surface area contributed by atoms with Gasteiger partial charge in [-0.3, -0.25) is 4.79 Å². The molecule has 1 atom stereocenters. The molecule has 0 aliphatic rings. The van der Waals surface area contributed by atoms with E-state index in [9.17, 15) is 4.79 Å². The fourth-order valence-electron chi connectivity index (χ4n) is 0.908. The number of nitrogens with one attached hydrogen (secondary N) is 1. The molecule has 0 saturated heterocycles. The normalized spacial score (nSPS) is 12.6. The van der Waals surface area contributed by atoms with Crippen LogP contribution in [0.1, 0.15) is 18.8 Å². The van der Waals surface area contributed by atoms with Crippen LogP contribution in [0.15, 0.2) is 10.9 Å². The fourth-order valence-corrected chi connectivity index (χ4v) is 0.908. The van der Waals surface area contributed by atoms with E-state index in [4.69, 9.17) is 5.73 Å². The summed E-state index contributed by atoms with van der Waals surface area (Å²) >= 11 is 0. The van der Waals surface area contributed by atoms with Crippen molar-refractivity contribution in [2.24, 2.45) is 5.73 Å². The van der Waals surface area contributed by atoms with Crippen LogP contribution in [0.5, 0.6) is 0 Å². The third-order valence-corrected chi connectivity index (χ3v) is 1.64. The van der Waals surface area contributed by atoms with Crippen molar-refractivity contribution in [3.8, 4) is 0 Å². The fraction of sp³-hybridized carbons (Fsp3) is 0.500. The van der Waals surface area contributed by atoms with Crippen LogP contribution in [0.2, 0.25) is 0 Å². The average molecular weight is 182 g/mol. The highest BCUT2D eigenvalue weighted by Gasteiger charge is 2.05. The summed E-state index contributed by atoms with van der Waals surface area (Å²) in [4.78, 5) is 19.7. The maximum Gasteiger partial charge on any atom is 0.253 e. The van der Waals surface area contributed by atoms with Crippen molar-refractivity contribution in [3.63, 3.8) is 0 Å². The van der Waals surface area contributed by atoms with E-state index in [0.717, 1.165) is 0 Å². The Labute approximate surface area is 76.6 Å². The Morgan fingerprint density at radius 2 is 2.23 bits per heavy atom. The SMILES string of the molecule is CC(N)c1nc(N(C)C)cc(=O)[nH]1. The number of hydrogen-bond acceptors (Lipinski definition) is 4. The highest BCUT2D eigenvalue weighted by Crippen LogP contribution is 2.06. The van der Waals surface area contributed by atoms with Gasteiger partial charge in [-0.25, -0.2) is 4.98 Å².